The van der Waals surface area contributed by atoms with E-state index in [1.54, 1.807) is 11.3 Å². The molecule has 0 aliphatic heterocycles. The SMILES string of the molecule is CCCCN=C(N)NCCc1csc(C(C)(C)C)n1. The fourth-order valence-electron chi connectivity index (χ4n) is 1.50. The fourth-order valence-corrected chi connectivity index (χ4v) is 2.44. The fraction of sp³-hybridized carbons (Fsp3) is 0.714. The lowest BCUT2D eigenvalue weighted by molar-refractivity contribution is 0.582. The van der Waals surface area contributed by atoms with Crippen LogP contribution >= 0.6 is 11.3 Å². The standard InChI is InChI=1S/C14H26N4S/c1-5-6-8-16-13(15)17-9-7-11-10-19-12(18-11)14(2,3)4/h10H,5-9H2,1-4H3,(H3,15,16,17). The molecule has 0 aliphatic rings. The van der Waals surface area contributed by atoms with Crippen molar-refractivity contribution in [1.82, 2.24) is 10.3 Å². The van der Waals surface area contributed by atoms with Crippen LogP contribution in [0, 0.1) is 0 Å². The Kier molecular flexibility index (Phi) is 6.28. The highest BCUT2D eigenvalue weighted by molar-refractivity contribution is 7.09. The first-order valence-corrected chi connectivity index (χ1v) is 7.80. The van der Waals surface area contributed by atoms with Crippen molar-refractivity contribution in [3.8, 4) is 0 Å². The van der Waals surface area contributed by atoms with E-state index in [9.17, 15) is 0 Å². The van der Waals surface area contributed by atoms with Gasteiger partial charge in [0.2, 0.25) is 0 Å². The van der Waals surface area contributed by atoms with Crippen molar-refractivity contribution in [2.24, 2.45) is 10.7 Å². The van der Waals surface area contributed by atoms with Gasteiger partial charge in [0.05, 0.1) is 10.7 Å². The minimum absolute atomic E-state index is 0.136. The molecule has 0 saturated carbocycles. The Labute approximate surface area is 120 Å². The molecule has 0 unspecified atom stereocenters. The first kappa shape index (κ1) is 16.0. The second-order valence-electron chi connectivity index (χ2n) is 5.69. The Balaban J connectivity index is 2.33. The Morgan fingerprint density at radius 1 is 1.47 bits per heavy atom. The van der Waals surface area contributed by atoms with Crippen LogP contribution in [0.3, 0.4) is 0 Å². The third-order valence-electron chi connectivity index (χ3n) is 2.67. The number of guanidine groups is 1. The highest BCUT2D eigenvalue weighted by Gasteiger charge is 2.17. The first-order chi connectivity index (χ1) is 8.93. The maximum atomic E-state index is 5.77. The van der Waals surface area contributed by atoms with E-state index in [1.165, 1.54) is 5.01 Å². The molecule has 19 heavy (non-hydrogen) atoms. The number of nitrogens with two attached hydrogens (primary N) is 1. The van der Waals surface area contributed by atoms with E-state index in [1.807, 2.05) is 0 Å². The number of nitrogens with one attached hydrogen (secondary N) is 1. The number of unbranched alkanes of at least 4 members (excludes halogenated alkanes) is 1. The summed E-state index contributed by atoms with van der Waals surface area (Å²) in [4.78, 5) is 8.91. The number of aromatic nitrogens is 1. The molecule has 0 radical (unpaired) electrons. The van der Waals surface area contributed by atoms with Gasteiger partial charge >= 0.3 is 0 Å². The van der Waals surface area contributed by atoms with E-state index in [4.69, 9.17) is 5.73 Å². The third-order valence-corrected chi connectivity index (χ3v) is 3.99. The molecule has 3 N–H and O–H groups in total. The molecule has 0 saturated heterocycles. The van der Waals surface area contributed by atoms with Crippen LogP contribution in [-0.2, 0) is 11.8 Å². The summed E-state index contributed by atoms with van der Waals surface area (Å²) in [5.74, 6) is 0.541. The Bertz CT molecular complexity index is 404. The minimum atomic E-state index is 0.136. The lowest BCUT2D eigenvalue weighted by atomic mass is 9.98. The maximum Gasteiger partial charge on any atom is 0.188 e. The van der Waals surface area contributed by atoms with E-state index in [2.05, 4.69) is 48.4 Å². The van der Waals surface area contributed by atoms with Gasteiger partial charge < -0.3 is 11.1 Å². The molecule has 1 aromatic rings. The molecule has 5 heteroatoms. The lowest BCUT2D eigenvalue weighted by Crippen LogP contribution is -2.33. The van der Waals surface area contributed by atoms with Crippen molar-refractivity contribution in [3.05, 3.63) is 16.1 Å². The van der Waals surface area contributed by atoms with Crippen LogP contribution in [0.4, 0.5) is 0 Å². The molecular formula is C14H26N4S. The van der Waals surface area contributed by atoms with Crippen molar-refractivity contribution in [2.75, 3.05) is 13.1 Å². The van der Waals surface area contributed by atoms with Crippen LogP contribution in [0.25, 0.3) is 0 Å². The summed E-state index contributed by atoms with van der Waals surface area (Å²) in [5.41, 5.74) is 7.04. The van der Waals surface area contributed by atoms with E-state index >= 15 is 0 Å². The van der Waals surface area contributed by atoms with Crippen molar-refractivity contribution in [2.45, 2.75) is 52.4 Å². The molecule has 0 atom stereocenters. The second-order valence-corrected chi connectivity index (χ2v) is 6.55. The van der Waals surface area contributed by atoms with Crippen molar-refractivity contribution < 1.29 is 0 Å². The monoisotopic (exact) mass is 282 g/mol. The van der Waals surface area contributed by atoms with Crippen molar-refractivity contribution >= 4 is 17.3 Å². The van der Waals surface area contributed by atoms with E-state index in [0.29, 0.717) is 5.96 Å². The summed E-state index contributed by atoms with van der Waals surface area (Å²) >= 11 is 1.73. The topological polar surface area (TPSA) is 63.3 Å². The molecule has 0 aliphatic carbocycles. The zero-order valence-electron chi connectivity index (χ0n) is 12.5. The molecule has 108 valence electrons. The third kappa shape index (κ3) is 6.05. The molecule has 0 amide bonds. The van der Waals surface area contributed by atoms with Gasteiger partial charge in [-0.3, -0.25) is 4.99 Å². The smallest absolute Gasteiger partial charge is 0.188 e. The number of nitrogens with zero attached hydrogens (tertiary/aromatic N) is 2. The average Bonchev–Trinajstić information content (AvgIpc) is 2.78. The zero-order chi connectivity index (χ0) is 14.3. The molecule has 1 rings (SSSR count). The quantitative estimate of drug-likeness (QED) is 0.479. The molecule has 0 fully saturated rings. The Morgan fingerprint density at radius 3 is 2.79 bits per heavy atom. The molecule has 0 spiro atoms. The van der Waals surface area contributed by atoms with Crippen LogP contribution in [0.2, 0.25) is 0 Å². The van der Waals surface area contributed by atoms with Crippen LogP contribution in [0.1, 0.15) is 51.2 Å². The van der Waals surface area contributed by atoms with E-state index < -0.39 is 0 Å². The summed E-state index contributed by atoms with van der Waals surface area (Å²) in [5, 5.41) is 6.45. The van der Waals surface area contributed by atoms with Gasteiger partial charge in [-0.05, 0) is 6.42 Å². The van der Waals surface area contributed by atoms with Gasteiger partial charge in [-0.25, -0.2) is 4.98 Å². The normalized spacial score (nSPS) is 12.7. The van der Waals surface area contributed by atoms with Gasteiger partial charge in [-0.1, -0.05) is 34.1 Å². The zero-order valence-corrected chi connectivity index (χ0v) is 13.3. The molecule has 4 nitrogen and oxygen atoms in total. The highest BCUT2D eigenvalue weighted by Crippen LogP contribution is 2.25. The maximum absolute atomic E-state index is 5.77. The number of thiazole rings is 1. The van der Waals surface area contributed by atoms with Gasteiger partial charge in [0.15, 0.2) is 5.96 Å². The largest absolute Gasteiger partial charge is 0.370 e. The second kappa shape index (κ2) is 7.48. The lowest BCUT2D eigenvalue weighted by Gasteiger charge is -2.13. The van der Waals surface area contributed by atoms with Gasteiger partial charge in [-0.2, -0.15) is 0 Å². The van der Waals surface area contributed by atoms with Gasteiger partial charge in [0, 0.05) is 30.3 Å². The summed E-state index contributed by atoms with van der Waals surface area (Å²) < 4.78 is 0. The molecule has 1 aromatic heterocycles. The summed E-state index contributed by atoms with van der Waals surface area (Å²) in [7, 11) is 0. The van der Waals surface area contributed by atoms with E-state index in [0.717, 1.165) is 38.0 Å². The predicted molar refractivity (Wildman–Crippen MR) is 83.9 cm³/mol. The van der Waals surface area contributed by atoms with E-state index in [-0.39, 0.29) is 5.41 Å². The number of hydrogen-bond donors (Lipinski definition) is 2. The number of aliphatic imine (C=N–C) groups is 1. The van der Waals surface area contributed by atoms with Crippen LogP contribution in [0.5, 0.6) is 0 Å². The van der Waals surface area contributed by atoms with Crippen LogP contribution in [-0.4, -0.2) is 24.0 Å². The van der Waals surface area contributed by atoms with Gasteiger partial charge in [-0.15, -0.1) is 11.3 Å². The molecule has 1 heterocycles. The predicted octanol–water partition coefficient (Wildman–Crippen LogP) is 2.69. The van der Waals surface area contributed by atoms with Crippen LogP contribution in [0.15, 0.2) is 10.4 Å². The van der Waals surface area contributed by atoms with Crippen LogP contribution < -0.4 is 11.1 Å². The number of hydrogen-bond acceptors (Lipinski definition) is 3. The van der Waals surface area contributed by atoms with Gasteiger partial charge in [0.1, 0.15) is 0 Å². The van der Waals surface area contributed by atoms with Crippen molar-refractivity contribution in [1.29, 1.82) is 0 Å². The Morgan fingerprint density at radius 2 is 2.21 bits per heavy atom. The van der Waals surface area contributed by atoms with Gasteiger partial charge in [0.25, 0.3) is 0 Å². The molecular weight excluding hydrogens is 256 g/mol. The first-order valence-electron chi connectivity index (χ1n) is 6.92. The average molecular weight is 282 g/mol. The molecule has 0 aromatic carbocycles. The Hall–Kier alpha value is -1.10. The molecule has 0 bridgehead atoms. The number of rotatable bonds is 6. The minimum Gasteiger partial charge on any atom is -0.370 e. The summed E-state index contributed by atoms with van der Waals surface area (Å²) in [6, 6.07) is 0. The summed E-state index contributed by atoms with van der Waals surface area (Å²) in [6.07, 6.45) is 3.12. The van der Waals surface area contributed by atoms with Crippen molar-refractivity contribution in [3.63, 3.8) is 0 Å². The summed E-state index contributed by atoms with van der Waals surface area (Å²) in [6.45, 7) is 10.3. The highest BCUT2D eigenvalue weighted by atomic mass is 32.1.